The van der Waals surface area contributed by atoms with E-state index in [9.17, 15) is 9.59 Å². The Hall–Kier alpha value is -2.24. The quantitative estimate of drug-likeness (QED) is 0.793. The molecule has 1 aliphatic rings. The minimum absolute atomic E-state index is 0.0972. The summed E-state index contributed by atoms with van der Waals surface area (Å²) in [4.78, 5) is 28.1. The van der Waals surface area contributed by atoms with Gasteiger partial charge in [0.2, 0.25) is 11.8 Å². The number of hydrogen-bond acceptors (Lipinski definition) is 4. The Balaban J connectivity index is 2.09. The van der Waals surface area contributed by atoms with E-state index in [0.717, 1.165) is 25.9 Å². The van der Waals surface area contributed by atoms with E-state index < -0.39 is 0 Å². The molecule has 0 saturated carbocycles. The summed E-state index contributed by atoms with van der Waals surface area (Å²) in [6.07, 6.45) is 2.39. The number of piperidine rings is 1. The van der Waals surface area contributed by atoms with Gasteiger partial charge < -0.3 is 19.3 Å². The molecule has 0 radical (unpaired) electrons. The predicted molar refractivity (Wildman–Crippen MR) is 97.2 cm³/mol. The Morgan fingerprint density at radius 1 is 1.20 bits per heavy atom. The van der Waals surface area contributed by atoms with Crippen molar-refractivity contribution < 1.29 is 19.1 Å². The van der Waals surface area contributed by atoms with Crippen LogP contribution in [0, 0.1) is 5.92 Å². The summed E-state index contributed by atoms with van der Waals surface area (Å²) in [5.74, 6) is 1.86. The first kappa shape index (κ1) is 19.1. The van der Waals surface area contributed by atoms with Gasteiger partial charge in [-0.25, -0.2) is 0 Å². The Morgan fingerprint density at radius 3 is 2.44 bits per heavy atom. The van der Waals surface area contributed by atoms with Crippen LogP contribution in [0.1, 0.15) is 33.1 Å². The van der Waals surface area contributed by atoms with Gasteiger partial charge in [-0.15, -0.1) is 0 Å². The third-order valence-corrected chi connectivity index (χ3v) is 4.74. The summed E-state index contributed by atoms with van der Waals surface area (Å²) < 4.78 is 10.6. The van der Waals surface area contributed by atoms with Crippen molar-refractivity contribution in [2.24, 2.45) is 5.92 Å². The number of hydrogen-bond donors (Lipinski definition) is 0. The van der Waals surface area contributed by atoms with Gasteiger partial charge in [-0.1, -0.05) is 6.92 Å². The maximum atomic E-state index is 12.5. The van der Waals surface area contributed by atoms with Crippen LogP contribution in [0.15, 0.2) is 18.2 Å². The first-order chi connectivity index (χ1) is 12.0. The van der Waals surface area contributed by atoms with Gasteiger partial charge in [0, 0.05) is 39.0 Å². The number of nitrogens with zero attached hydrogens (tertiary/aromatic N) is 2. The number of rotatable bonds is 6. The molecular weight excluding hydrogens is 320 g/mol. The normalized spacial score (nSPS) is 15.0. The Morgan fingerprint density at radius 2 is 1.88 bits per heavy atom. The zero-order valence-corrected chi connectivity index (χ0v) is 15.6. The van der Waals surface area contributed by atoms with E-state index in [1.807, 2.05) is 4.90 Å². The predicted octanol–water partition coefficient (Wildman–Crippen LogP) is 2.71. The van der Waals surface area contributed by atoms with E-state index in [4.69, 9.17) is 9.47 Å². The minimum Gasteiger partial charge on any atom is -0.497 e. The molecule has 0 bridgehead atoms. The molecule has 138 valence electrons. The van der Waals surface area contributed by atoms with Gasteiger partial charge in [0.1, 0.15) is 11.5 Å². The average molecular weight is 348 g/mol. The smallest absolute Gasteiger partial charge is 0.224 e. The molecule has 6 nitrogen and oxygen atoms in total. The minimum atomic E-state index is -0.133. The molecule has 6 heteroatoms. The van der Waals surface area contributed by atoms with Crippen molar-refractivity contribution in [3.63, 3.8) is 0 Å². The highest BCUT2D eigenvalue weighted by Crippen LogP contribution is 2.32. The van der Waals surface area contributed by atoms with Crippen molar-refractivity contribution in [3.8, 4) is 11.5 Å². The first-order valence-corrected chi connectivity index (χ1v) is 8.74. The fourth-order valence-electron chi connectivity index (χ4n) is 3.08. The molecule has 1 heterocycles. The molecule has 0 aromatic heterocycles. The zero-order chi connectivity index (χ0) is 18.4. The van der Waals surface area contributed by atoms with E-state index in [2.05, 4.69) is 6.92 Å². The number of ether oxygens (including phenoxy) is 2. The van der Waals surface area contributed by atoms with Crippen molar-refractivity contribution in [2.45, 2.75) is 33.1 Å². The molecule has 0 atom stereocenters. The van der Waals surface area contributed by atoms with Crippen LogP contribution < -0.4 is 14.4 Å². The number of carbonyl (C=O) groups excluding carboxylic acids is 2. The molecule has 1 fully saturated rings. The highest BCUT2D eigenvalue weighted by atomic mass is 16.5. The maximum Gasteiger partial charge on any atom is 0.224 e. The molecule has 1 aromatic carbocycles. The van der Waals surface area contributed by atoms with Gasteiger partial charge >= 0.3 is 0 Å². The summed E-state index contributed by atoms with van der Waals surface area (Å²) in [6.45, 7) is 5.65. The van der Waals surface area contributed by atoms with E-state index in [1.165, 1.54) is 6.92 Å². The number of methoxy groups -OCH3 is 2. The van der Waals surface area contributed by atoms with E-state index in [0.29, 0.717) is 36.1 Å². The molecule has 2 amide bonds. The lowest BCUT2D eigenvalue weighted by Crippen LogP contribution is -2.40. The topological polar surface area (TPSA) is 59.1 Å². The summed E-state index contributed by atoms with van der Waals surface area (Å²) in [5, 5.41) is 0. The van der Waals surface area contributed by atoms with E-state index >= 15 is 0 Å². The molecule has 1 aliphatic heterocycles. The summed E-state index contributed by atoms with van der Waals surface area (Å²) in [7, 11) is 3.13. The van der Waals surface area contributed by atoms with Crippen molar-refractivity contribution in [3.05, 3.63) is 18.2 Å². The van der Waals surface area contributed by atoms with Crippen LogP contribution in [-0.4, -0.2) is 50.6 Å². The van der Waals surface area contributed by atoms with Crippen molar-refractivity contribution in [1.82, 2.24) is 4.90 Å². The van der Waals surface area contributed by atoms with Crippen LogP contribution in [0.4, 0.5) is 5.69 Å². The fraction of sp³-hybridized carbons (Fsp3) is 0.579. The molecule has 0 N–H and O–H groups in total. The van der Waals surface area contributed by atoms with E-state index in [-0.39, 0.29) is 11.8 Å². The zero-order valence-electron chi connectivity index (χ0n) is 15.6. The first-order valence-electron chi connectivity index (χ1n) is 8.74. The van der Waals surface area contributed by atoms with Crippen LogP contribution in [0.2, 0.25) is 0 Å². The molecule has 0 unspecified atom stereocenters. The lowest BCUT2D eigenvalue weighted by atomic mass is 9.99. The van der Waals surface area contributed by atoms with Gasteiger partial charge in [0.25, 0.3) is 0 Å². The highest BCUT2D eigenvalue weighted by molar-refractivity contribution is 5.94. The number of carbonyl (C=O) groups is 2. The molecule has 2 rings (SSSR count). The molecule has 1 aromatic rings. The van der Waals surface area contributed by atoms with Gasteiger partial charge in [-0.05, 0) is 30.9 Å². The molecule has 25 heavy (non-hydrogen) atoms. The number of likely N-dealkylation sites (tertiary alicyclic amines) is 1. The monoisotopic (exact) mass is 348 g/mol. The van der Waals surface area contributed by atoms with Crippen LogP contribution in [0.25, 0.3) is 0 Å². The third-order valence-electron chi connectivity index (χ3n) is 4.74. The van der Waals surface area contributed by atoms with Crippen molar-refractivity contribution >= 4 is 17.5 Å². The van der Waals surface area contributed by atoms with Crippen molar-refractivity contribution in [1.29, 1.82) is 0 Å². The van der Waals surface area contributed by atoms with Gasteiger partial charge in [-0.3, -0.25) is 9.59 Å². The number of benzene rings is 1. The number of anilines is 1. The van der Waals surface area contributed by atoms with Crippen LogP contribution in [0.5, 0.6) is 11.5 Å². The molecular formula is C19H28N2O4. The largest absolute Gasteiger partial charge is 0.497 e. The Labute approximate surface area is 149 Å². The fourth-order valence-corrected chi connectivity index (χ4v) is 3.08. The summed E-state index contributed by atoms with van der Waals surface area (Å²) in [6, 6.07) is 5.30. The molecule has 0 aliphatic carbocycles. The average Bonchev–Trinajstić information content (AvgIpc) is 2.61. The second-order valence-corrected chi connectivity index (χ2v) is 6.52. The van der Waals surface area contributed by atoms with Gasteiger partial charge in [0.05, 0.1) is 19.9 Å². The molecule has 0 spiro atoms. The Kier molecular flexibility index (Phi) is 6.67. The lowest BCUT2D eigenvalue weighted by molar-refractivity contribution is -0.132. The SMILES string of the molecule is COc1ccc(OC)c(N(CCC(=O)N2CCC(C)CC2)C(C)=O)c1. The van der Waals surface area contributed by atoms with Gasteiger partial charge in [0.15, 0.2) is 0 Å². The third kappa shape index (κ3) is 4.87. The second-order valence-electron chi connectivity index (χ2n) is 6.52. The standard InChI is InChI=1S/C19H28N2O4/c1-14-7-10-20(11-8-14)19(23)9-12-21(15(2)22)17-13-16(24-3)5-6-18(17)25-4/h5-6,13-14H,7-12H2,1-4H3. The molecule has 1 saturated heterocycles. The lowest BCUT2D eigenvalue weighted by Gasteiger charge is -2.31. The highest BCUT2D eigenvalue weighted by Gasteiger charge is 2.23. The van der Waals surface area contributed by atoms with E-state index in [1.54, 1.807) is 37.3 Å². The van der Waals surface area contributed by atoms with Crippen LogP contribution in [-0.2, 0) is 9.59 Å². The number of amides is 2. The second kappa shape index (κ2) is 8.74. The summed E-state index contributed by atoms with van der Waals surface area (Å²) >= 11 is 0. The Bertz CT molecular complexity index is 609. The maximum absolute atomic E-state index is 12.5. The van der Waals surface area contributed by atoms with Crippen molar-refractivity contribution in [2.75, 3.05) is 38.8 Å². The van der Waals surface area contributed by atoms with Gasteiger partial charge in [-0.2, -0.15) is 0 Å². The van der Waals surface area contributed by atoms with Crippen LogP contribution >= 0.6 is 0 Å². The summed E-state index contributed by atoms with van der Waals surface area (Å²) in [5.41, 5.74) is 0.620. The van der Waals surface area contributed by atoms with Crippen LogP contribution in [0.3, 0.4) is 0 Å².